The van der Waals surface area contributed by atoms with Gasteiger partial charge in [-0.2, -0.15) is 5.26 Å². The van der Waals surface area contributed by atoms with Gasteiger partial charge in [-0.25, -0.2) is 0 Å². The van der Waals surface area contributed by atoms with Crippen LogP contribution in [0.4, 0.5) is 0 Å². The summed E-state index contributed by atoms with van der Waals surface area (Å²) in [5, 5.41) is 12.3. The number of amides is 1. The Hall–Kier alpha value is -2.39. The number of methoxy groups -OCH3 is 1. The van der Waals surface area contributed by atoms with Gasteiger partial charge in [-0.05, 0) is 31.2 Å². The molecule has 1 aromatic carbocycles. The zero-order valence-corrected chi connectivity index (χ0v) is 15.7. The monoisotopic (exact) mass is 357 g/mol. The number of rotatable bonds is 9. The van der Waals surface area contributed by atoms with E-state index in [-0.39, 0.29) is 30.3 Å². The van der Waals surface area contributed by atoms with Crippen molar-refractivity contribution in [1.29, 1.82) is 5.26 Å². The second-order valence-corrected chi connectivity index (χ2v) is 7.22. The Morgan fingerprint density at radius 3 is 2.58 bits per heavy atom. The average molecular weight is 357 g/mol. The van der Waals surface area contributed by atoms with Gasteiger partial charge in [-0.1, -0.05) is 37.3 Å². The molecule has 0 radical (unpaired) electrons. The van der Waals surface area contributed by atoms with Gasteiger partial charge in [0, 0.05) is 13.1 Å². The van der Waals surface area contributed by atoms with Crippen LogP contribution in [0.1, 0.15) is 32.3 Å². The number of esters is 1. The summed E-state index contributed by atoms with van der Waals surface area (Å²) in [7, 11) is 1.36. The van der Waals surface area contributed by atoms with Gasteiger partial charge in [0.05, 0.1) is 25.6 Å². The highest BCUT2D eigenvalue weighted by Gasteiger charge is 2.43. The molecule has 0 bridgehead atoms. The van der Waals surface area contributed by atoms with Crippen LogP contribution < -0.4 is 5.32 Å². The molecule has 2 atom stereocenters. The summed E-state index contributed by atoms with van der Waals surface area (Å²) >= 11 is 0. The maximum atomic E-state index is 12.6. The summed E-state index contributed by atoms with van der Waals surface area (Å²) in [5.74, 6) is -0.618. The second-order valence-electron chi connectivity index (χ2n) is 7.22. The van der Waals surface area contributed by atoms with Crippen LogP contribution in [0.15, 0.2) is 30.3 Å². The zero-order valence-electron chi connectivity index (χ0n) is 15.7. The van der Waals surface area contributed by atoms with Crippen molar-refractivity contribution in [3.05, 3.63) is 35.9 Å². The van der Waals surface area contributed by atoms with E-state index < -0.39 is 5.54 Å². The number of hydrogen-bond donors (Lipinski definition) is 1. The lowest BCUT2D eigenvalue weighted by Gasteiger charge is -2.27. The van der Waals surface area contributed by atoms with E-state index >= 15 is 0 Å². The van der Waals surface area contributed by atoms with Crippen molar-refractivity contribution in [1.82, 2.24) is 10.2 Å². The Morgan fingerprint density at radius 2 is 2.04 bits per heavy atom. The minimum atomic E-state index is -0.816. The Labute approximate surface area is 155 Å². The smallest absolute Gasteiger partial charge is 0.309 e. The summed E-state index contributed by atoms with van der Waals surface area (Å²) < 4.78 is 4.80. The van der Waals surface area contributed by atoms with Gasteiger partial charge in [0.15, 0.2) is 0 Å². The predicted octanol–water partition coefficient (Wildman–Crippen LogP) is 2.11. The molecule has 0 spiro atoms. The highest BCUT2D eigenvalue weighted by molar-refractivity contribution is 5.79. The fourth-order valence-corrected chi connectivity index (χ4v) is 3.10. The molecular formula is C20H27N3O3. The van der Waals surface area contributed by atoms with Crippen LogP contribution in [-0.4, -0.2) is 42.5 Å². The molecule has 140 valence electrons. The zero-order chi connectivity index (χ0) is 19.2. The van der Waals surface area contributed by atoms with Crippen molar-refractivity contribution < 1.29 is 14.3 Å². The lowest BCUT2D eigenvalue weighted by molar-refractivity contribution is -0.146. The summed E-state index contributed by atoms with van der Waals surface area (Å²) in [6, 6.07) is 12.0. The molecule has 0 aliphatic heterocycles. The predicted molar refractivity (Wildman–Crippen MR) is 97.8 cm³/mol. The maximum Gasteiger partial charge on any atom is 0.309 e. The van der Waals surface area contributed by atoms with Crippen LogP contribution in [-0.2, 0) is 20.9 Å². The van der Waals surface area contributed by atoms with E-state index in [1.54, 1.807) is 13.8 Å². The minimum absolute atomic E-state index is 0.125. The van der Waals surface area contributed by atoms with E-state index in [1.165, 1.54) is 7.11 Å². The molecule has 0 heterocycles. The Balaban J connectivity index is 2.03. The van der Waals surface area contributed by atoms with E-state index in [0.717, 1.165) is 18.4 Å². The second kappa shape index (κ2) is 8.81. The highest BCUT2D eigenvalue weighted by Crippen LogP contribution is 2.39. The number of nitrogens with zero attached hydrogens (tertiary/aromatic N) is 2. The van der Waals surface area contributed by atoms with E-state index in [2.05, 4.69) is 11.4 Å². The molecule has 1 saturated carbocycles. The molecule has 2 unspecified atom stereocenters. The number of ether oxygens (including phenoxy) is 1. The van der Waals surface area contributed by atoms with Crippen molar-refractivity contribution in [2.45, 2.75) is 38.8 Å². The van der Waals surface area contributed by atoms with Crippen LogP contribution >= 0.6 is 0 Å². The van der Waals surface area contributed by atoms with Crippen molar-refractivity contribution >= 4 is 11.9 Å². The molecule has 0 aromatic heterocycles. The van der Waals surface area contributed by atoms with Gasteiger partial charge in [0.25, 0.3) is 0 Å². The molecule has 1 N–H and O–H groups in total. The summed E-state index contributed by atoms with van der Waals surface area (Å²) in [4.78, 5) is 26.2. The summed E-state index contributed by atoms with van der Waals surface area (Å²) in [6.07, 6.45) is 1.94. The van der Waals surface area contributed by atoms with Gasteiger partial charge in [-0.3, -0.25) is 14.5 Å². The average Bonchev–Trinajstić information content (AvgIpc) is 3.47. The highest BCUT2D eigenvalue weighted by atomic mass is 16.5. The van der Waals surface area contributed by atoms with E-state index in [1.807, 2.05) is 35.2 Å². The first-order chi connectivity index (χ1) is 12.4. The van der Waals surface area contributed by atoms with Crippen molar-refractivity contribution in [3.8, 4) is 6.07 Å². The molecule has 6 nitrogen and oxygen atoms in total. The summed E-state index contributed by atoms with van der Waals surface area (Å²) in [6.45, 7) is 4.64. The quantitative estimate of drug-likeness (QED) is 0.685. The normalized spacial score (nSPS) is 17.0. The molecule has 1 aromatic rings. The van der Waals surface area contributed by atoms with Gasteiger partial charge < -0.3 is 10.1 Å². The maximum absolute atomic E-state index is 12.6. The topological polar surface area (TPSA) is 82.4 Å². The Kier molecular flexibility index (Phi) is 6.76. The third kappa shape index (κ3) is 5.57. The number of hydrogen-bond acceptors (Lipinski definition) is 5. The fraction of sp³-hybridized carbons (Fsp3) is 0.550. The number of benzene rings is 1. The van der Waals surface area contributed by atoms with Crippen molar-refractivity contribution in [3.63, 3.8) is 0 Å². The first kappa shape index (κ1) is 19.9. The first-order valence-corrected chi connectivity index (χ1v) is 8.94. The van der Waals surface area contributed by atoms with Crippen LogP contribution in [0.3, 0.4) is 0 Å². The Bertz CT molecular complexity index is 667. The molecule has 1 aliphatic rings. The summed E-state index contributed by atoms with van der Waals surface area (Å²) in [5.41, 5.74) is 0.242. The van der Waals surface area contributed by atoms with Gasteiger partial charge in [0.1, 0.15) is 5.54 Å². The third-order valence-corrected chi connectivity index (χ3v) is 4.78. The number of nitrogens with one attached hydrogen (secondary N) is 1. The van der Waals surface area contributed by atoms with Crippen molar-refractivity contribution in [2.24, 2.45) is 11.8 Å². The lowest BCUT2D eigenvalue weighted by Crippen LogP contribution is -2.50. The third-order valence-electron chi connectivity index (χ3n) is 4.78. The molecule has 1 fully saturated rings. The van der Waals surface area contributed by atoms with Gasteiger partial charge in [-0.15, -0.1) is 0 Å². The molecular weight excluding hydrogens is 330 g/mol. The van der Waals surface area contributed by atoms with Crippen LogP contribution in [0, 0.1) is 23.2 Å². The van der Waals surface area contributed by atoms with Crippen molar-refractivity contribution in [2.75, 3.05) is 20.2 Å². The minimum Gasteiger partial charge on any atom is -0.469 e. The van der Waals surface area contributed by atoms with Gasteiger partial charge >= 0.3 is 5.97 Å². The number of nitriles is 1. The van der Waals surface area contributed by atoms with Crippen LogP contribution in [0.25, 0.3) is 0 Å². The number of carbonyl (C=O) groups excluding carboxylic acids is 2. The molecule has 2 rings (SSSR count). The van der Waals surface area contributed by atoms with E-state index in [9.17, 15) is 14.9 Å². The molecule has 1 amide bonds. The van der Waals surface area contributed by atoms with Crippen LogP contribution in [0.2, 0.25) is 0 Å². The standard InChI is InChI=1S/C20H27N3O3/c1-15(19(25)26-3)11-23(12-16-7-5-4-6-8-16)13-18(24)22-20(2,14-21)17-9-10-17/h4-8,15,17H,9-13H2,1-3H3,(H,22,24). The van der Waals surface area contributed by atoms with Crippen LogP contribution in [0.5, 0.6) is 0 Å². The fourth-order valence-electron chi connectivity index (χ4n) is 3.10. The van der Waals surface area contributed by atoms with E-state index in [4.69, 9.17) is 4.74 Å². The first-order valence-electron chi connectivity index (χ1n) is 8.94. The molecule has 6 heteroatoms. The van der Waals surface area contributed by atoms with E-state index in [0.29, 0.717) is 13.1 Å². The lowest BCUT2D eigenvalue weighted by atomic mass is 9.98. The van der Waals surface area contributed by atoms with Gasteiger partial charge in [0.2, 0.25) is 5.91 Å². The molecule has 0 saturated heterocycles. The largest absolute Gasteiger partial charge is 0.469 e. The SMILES string of the molecule is COC(=O)C(C)CN(CC(=O)NC(C)(C#N)C1CC1)Cc1ccccc1. The Morgan fingerprint density at radius 1 is 1.38 bits per heavy atom. The number of carbonyl (C=O) groups is 2. The molecule has 1 aliphatic carbocycles. The molecule has 26 heavy (non-hydrogen) atoms.